The van der Waals surface area contributed by atoms with Gasteiger partial charge in [-0.3, -0.25) is 0 Å². The molecule has 1 aromatic carbocycles. The lowest BCUT2D eigenvalue weighted by atomic mass is 10.2. The van der Waals surface area contributed by atoms with Gasteiger partial charge in [0.25, 0.3) is 0 Å². The Hall–Kier alpha value is -1.77. The molecule has 3 rings (SSSR count). The molecule has 58 valence electrons. The molecule has 1 aromatic heterocycles. The molecule has 2 heterocycles. The van der Waals surface area contributed by atoms with E-state index in [9.17, 15) is 4.79 Å². The summed E-state index contributed by atoms with van der Waals surface area (Å²) in [5.41, 5.74) is 0.659. The topological polar surface area (TPSA) is 39.4 Å². The standard InChI is InChI=1S/C9H4O3/c10-9-7-4-5-2-1-3-6(12-9)8(5)11-7/h1-4H. The van der Waals surface area contributed by atoms with Crippen molar-refractivity contribution in [1.29, 1.82) is 0 Å². The van der Waals surface area contributed by atoms with Crippen molar-refractivity contribution in [3.8, 4) is 5.75 Å². The number of ether oxygens (including phenoxy) is 1. The minimum Gasteiger partial charge on any atom is -0.445 e. The first-order valence-corrected chi connectivity index (χ1v) is 3.59. The van der Waals surface area contributed by atoms with Crippen molar-refractivity contribution in [2.24, 2.45) is 0 Å². The van der Waals surface area contributed by atoms with Crippen molar-refractivity contribution < 1.29 is 13.9 Å². The van der Waals surface area contributed by atoms with E-state index in [1.165, 1.54) is 0 Å². The van der Waals surface area contributed by atoms with Crippen LogP contribution in [0.1, 0.15) is 10.6 Å². The summed E-state index contributed by atoms with van der Waals surface area (Å²) < 4.78 is 10.2. The van der Waals surface area contributed by atoms with E-state index < -0.39 is 5.97 Å². The van der Waals surface area contributed by atoms with Crippen LogP contribution in [0.4, 0.5) is 0 Å². The number of benzene rings is 1. The lowest BCUT2D eigenvalue weighted by molar-refractivity contribution is 0.0687. The van der Waals surface area contributed by atoms with Gasteiger partial charge in [0, 0.05) is 5.39 Å². The van der Waals surface area contributed by atoms with Gasteiger partial charge in [-0.1, -0.05) is 12.1 Å². The Bertz CT molecular complexity index is 481. The van der Waals surface area contributed by atoms with Crippen molar-refractivity contribution in [3.63, 3.8) is 0 Å². The molecule has 3 nitrogen and oxygen atoms in total. The minimum atomic E-state index is -0.413. The number of carbonyl (C=O) groups is 1. The van der Waals surface area contributed by atoms with Gasteiger partial charge in [-0.05, 0) is 12.1 Å². The molecule has 0 fully saturated rings. The zero-order chi connectivity index (χ0) is 8.13. The first-order chi connectivity index (χ1) is 5.84. The maximum atomic E-state index is 11.1. The second kappa shape index (κ2) is 1.69. The van der Waals surface area contributed by atoms with E-state index in [-0.39, 0.29) is 5.76 Å². The fraction of sp³-hybridized carbons (Fsp3) is 0. The van der Waals surface area contributed by atoms with E-state index in [0.29, 0.717) is 11.3 Å². The fourth-order valence-electron chi connectivity index (χ4n) is 1.37. The number of hydrogen-bond acceptors (Lipinski definition) is 3. The molecule has 0 atom stereocenters. The Labute approximate surface area is 67.5 Å². The van der Waals surface area contributed by atoms with Crippen LogP contribution in [0.15, 0.2) is 28.7 Å². The second-order valence-electron chi connectivity index (χ2n) is 2.67. The van der Waals surface area contributed by atoms with Crippen molar-refractivity contribution in [2.45, 2.75) is 0 Å². The van der Waals surface area contributed by atoms with Gasteiger partial charge < -0.3 is 9.15 Å². The average Bonchev–Trinajstić information content (AvgIpc) is 2.46. The molecule has 1 aliphatic heterocycles. The minimum absolute atomic E-state index is 0.281. The number of esters is 1. The highest BCUT2D eigenvalue weighted by molar-refractivity contribution is 5.99. The highest BCUT2D eigenvalue weighted by Gasteiger charge is 2.22. The lowest BCUT2D eigenvalue weighted by Crippen LogP contribution is -2.08. The van der Waals surface area contributed by atoms with Crippen LogP contribution in [-0.2, 0) is 0 Å². The molecular weight excluding hydrogens is 156 g/mol. The third-order valence-electron chi connectivity index (χ3n) is 1.91. The normalized spacial score (nSPS) is 13.8. The SMILES string of the molecule is O=C1Oc2cccc3cc1oc23. The summed E-state index contributed by atoms with van der Waals surface area (Å²) in [5.74, 6) is 0.377. The number of fused-ring (bicyclic) bond motifs is 1. The molecule has 2 aromatic rings. The molecule has 0 aliphatic carbocycles. The summed E-state index contributed by atoms with van der Waals surface area (Å²) in [6, 6.07) is 7.12. The monoisotopic (exact) mass is 160 g/mol. The molecule has 0 saturated carbocycles. The van der Waals surface area contributed by atoms with E-state index in [1.54, 1.807) is 12.1 Å². The molecular formula is C9H4O3. The van der Waals surface area contributed by atoms with E-state index in [4.69, 9.17) is 9.15 Å². The number of carbonyl (C=O) groups excluding carboxylic acids is 1. The highest BCUT2D eigenvalue weighted by Crippen LogP contribution is 2.33. The smallest absolute Gasteiger partial charge is 0.379 e. The molecule has 0 radical (unpaired) electrons. The Balaban J connectivity index is 2.58. The van der Waals surface area contributed by atoms with Gasteiger partial charge >= 0.3 is 5.97 Å². The van der Waals surface area contributed by atoms with Crippen molar-refractivity contribution >= 4 is 16.9 Å². The van der Waals surface area contributed by atoms with Crippen molar-refractivity contribution in [1.82, 2.24) is 0 Å². The van der Waals surface area contributed by atoms with Crippen LogP contribution in [0.2, 0.25) is 0 Å². The lowest BCUT2D eigenvalue weighted by Gasteiger charge is -2.04. The van der Waals surface area contributed by atoms with Crippen LogP contribution >= 0.6 is 0 Å². The molecule has 12 heavy (non-hydrogen) atoms. The zero-order valence-electron chi connectivity index (χ0n) is 6.03. The van der Waals surface area contributed by atoms with Crippen LogP contribution in [0.5, 0.6) is 5.75 Å². The highest BCUT2D eigenvalue weighted by atomic mass is 16.6. The average molecular weight is 160 g/mol. The van der Waals surface area contributed by atoms with Crippen LogP contribution < -0.4 is 4.74 Å². The Morgan fingerprint density at radius 1 is 1.25 bits per heavy atom. The summed E-state index contributed by atoms with van der Waals surface area (Å²) in [4.78, 5) is 11.1. The first kappa shape index (κ1) is 5.83. The van der Waals surface area contributed by atoms with E-state index in [1.807, 2.05) is 12.1 Å². The predicted molar refractivity (Wildman–Crippen MR) is 41.2 cm³/mol. The van der Waals surface area contributed by atoms with Gasteiger partial charge in [-0.15, -0.1) is 0 Å². The Kier molecular flexibility index (Phi) is 0.821. The van der Waals surface area contributed by atoms with Gasteiger partial charge in [0.2, 0.25) is 5.76 Å². The molecule has 1 aliphatic rings. The van der Waals surface area contributed by atoms with Crippen LogP contribution in [-0.4, -0.2) is 5.97 Å². The second-order valence-corrected chi connectivity index (χ2v) is 2.67. The van der Waals surface area contributed by atoms with Crippen LogP contribution in [0.3, 0.4) is 0 Å². The molecule has 3 heteroatoms. The van der Waals surface area contributed by atoms with E-state index in [0.717, 1.165) is 5.39 Å². The summed E-state index contributed by atoms with van der Waals surface area (Å²) in [5, 5.41) is 0.911. The quantitative estimate of drug-likeness (QED) is 0.437. The Morgan fingerprint density at radius 3 is 3.08 bits per heavy atom. The van der Waals surface area contributed by atoms with E-state index in [2.05, 4.69) is 0 Å². The first-order valence-electron chi connectivity index (χ1n) is 3.59. The third kappa shape index (κ3) is 0.540. The van der Waals surface area contributed by atoms with E-state index >= 15 is 0 Å². The third-order valence-corrected chi connectivity index (χ3v) is 1.91. The maximum absolute atomic E-state index is 11.1. The zero-order valence-corrected chi connectivity index (χ0v) is 6.03. The summed E-state index contributed by atoms with van der Waals surface area (Å²) >= 11 is 0. The van der Waals surface area contributed by atoms with Gasteiger partial charge in [0.1, 0.15) is 0 Å². The molecule has 0 spiro atoms. The number of para-hydroxylation sites is 1. The largest absolute Gasteiger partial charge is 0.445 e. The summed E-state index contributed by atoms with van der Waals surface area (Å²) in [7, 11) is 0. The van der Waals surface area contributed by atoms with Crippen molar-refractivity contribution in [3.05, 3.63) is 30.0 Å². The van der Waals surface area contributed by atoms with Gasteiger partial charge in [-0.2, -0.15) is 0 Å². The fourth-order valence-corrected chi connectivity index (χ4v) is 1.37. The summed E-state index contributed by atoms with van der Waals surface area (Å²) in [6.45, 7) is 0. The molecule has 0 N–H and O–H groups in total. The van der Waals surface area contributed by atoms with Gasteiger partial charge in [0.05, 0.1) is 0 Å². The molecule has 0 unspecified atom stereocenters. The Morgan fingerprint density at radius 2 is 2.17 bits per heavy atom. The van der Waals surface area contributed by atoms with Gasteiger partial charge in [-0.25, -0.2) is 4.79 Å². The summed E-state index contributed by atoms with van der Waals surface area (Å²) in [6.07, 6.45) is 0. The van der Waals surface area contributed by atoms with Crippen LogP contribution in [0, 0.1) is 0 Å². The molecule has 2 bridgehead atoms. The van der Waals surface area contributed by atoms with Crippen molar-refractivity contribution in [2.75, 3.05) is 0 Å². The predicted octanol–water partition coefficient (Wildman–Crippen LogP) is 1.97. The van der Waals surface area contributed by atoms with Crippen LogP contribution in [0.25, 0.3) is 11.0 Å². The molecule has 0 amide bonds. The number of furan rings is 1. The van der Waals surface area contributed by atoms with Gasteiger partial charge in [0.15, 0.2) is 11.3 Å². The molecule has 0 saturated heterocycles. The number of rotatable bonds is 0. The maximum Gasteiger partial charge on any atom is 0.379 e. The number of hydrogen-bond donors (Lipinski definition) is 0.